The van der Waals surface area contributed by atoms with Crippen molar-refractivity contribution in [2.45, 2.75) is 24.7 Å². The number of nitrogens with one attached hydrogen (secondary N) is 1. The van der Waals surface area contributed by atoms with Crippen LogP contribution in [0, 0.1) is 0 Å². The molecule has 0 amide bonds. The first-order valence-corrected chi connectivity index (χ1v) is 7.13. The van der Waals surface area contributed by atoms with E-state index in [-0.39, 0.29) is 12.2 Å². The number of halogens is 4. The molecule has 0 heterocycles. The summed E-state index contributed by atoms with van der Waals surface area (Å²) in [4.78, 5) is 0. The fraction of sp³-hybridized carbons (Fsp3) is 0.455. The fourth-order valence-electron chi connectivity index (χ4n) is 1.37. The molecule has 2 N–H and O–H groups in total. The number of alkyl halides is 4. The third-order valence-electron chi connectivity index (χ3n) is 2.38. The predicted octanol–water partition coefficient (Wildman–Crippen LogP) is 1.50. The molecule has 1 rings (SSSR count). The van der Waals surface area contributed by atoms with Crippen LogP contribution in [0.4, 0.5) is 17.6 Å². The van der Waals surface area contributed by atoms with Gasteiger partial charge in [-0.25, -0.2) is 21.9 Å². The average Bonchev–Trinajstić information content (AvgIpc) is 2.36. The number of aliphatic hydroxyl groups is 1. The monoisotopic (exact) mass is 315 g/mol. The van der Waals surface area contributed by atoms with Crippen LogP contribution in [0.2, 0.25) is 0 Å². The number of rotatable bonds is 7. The van der Waals surface area contributed by atoms with Gasteiger partial charge < -0.3 is 5.11 Å². The minimum atomic E-state index is -4.42. The second-order valence-electron chi connectivity index (χ2n) is 4.12. The maximum Gasteiger partial charge on any atom is 0.320 e. The summed E-state index contributed by atoms with van der Waals surface area (Å²) >= 11 is 0. The van der Waals surface area contributed by atoms with Crippen molar-refractivity contribution in [3.8, 4) is 0 Å². The van der Waals surface area contributed by atoms with Gasteiger partial charge in [0, 0.05) is 0 Å². The van der Waals surface area contributed by atoms with E-state index in [9.17, 15) is 26.0 Å². The second-order valence-corrected chi connectivity index (χ2v) is 5.93. The number of hydrogen-bond donors (Lipinski definition) is 2. The van der Waals surface area contributed by atoms with E-state index in [0.717, 1.165) is 0 Å². The zero-order chi connectivity index (χ0) is 15.4. The van der Waals surface area contributed by atoms with Gasteiger partial charge in [0.25, 0.3) is 0 Å². The molecule has 0 spiro atoms. The SMILES string of the molecule is O=S(=O)(Cc1cccc(CO)c1)NCC(F)(F)C(F)F. The van der Waals surface area contributed by atoms with E-state index in [2.05, 4.69) is 0 Å². The third kappa shape index (κ3) is 5.06. The van der Waals surface area contributed by atoms with E-state index >= 15 is 0 Å². The van der Waals surface area contributed by atoms with Gasteiger partial charge in [-0.05, 0) is 11.1 Å². The molecule has 0 fully saturated rings. The van der Waals surface area contributed by atoms with Crippen molar-refractivity contribution in [3.63, 3.8) is 0 Å². The molecule has 20 heavy (non-hydrogen) atoms. The Morgan fingerprint density at radius 3 is 2.40 bits per heavy atom. The minimum Gasteiger partial charge on any atom is -0.392 e. The Bertz CT molecular complexity index is 548. The van der Waals surface area contributed by atoms with E-state index < -0.39 is 34.7 Å². The Morgan fingerprint density at radius 1 is 1.25 bits per heavy atom. The van der Waals surface area contributed by atoms with Crippen molar-refractivity contribution in [3.05, 3.63) is 35.4 Å². The van der Waals surface area contributed by atoms with Crippen LogP contribution in [0.5, 0.6) is 0 Å². The molecular formula is C11H13F4NO3S. The van der Waals surface area contributed by atoms with Gasteiger partial charge in [0.2, 0.25) is 10.0 Å². The molecule has 0 aliphatic heterocycles. The Morgan fingerprint density at radius 2 is 1.85 bits per heavy atom. The Hall–Kier alpha value is -1.19. The van der Waals surface area contributed by atoms with Crippen molar-refractivity contribution in [1.29, 1.82) is 0 Å². The van der Waals surface area contributed by atoms with Gasteiger partial charge >= 0.3 is 12.3 Å². The highest BCUT2D eigenvalue weighted by Gasteiger charge is 2.41. The lowest BCUT2D eigenvalue weighted by Crippen LogP contribution is -2.41. The first-order chi connectivity index (χ1) is 9.16. The van der Waals surface area contributed by atoms with Crippen LogP contribution in [-0.2, 0) is 22.4 Å². The van der Waals surface area contributed by atoms with E-state index in [1.54, 1.807) is 6.07 Å². The van der Waals surface area contributed by atoms with E-state index in [1.165, 1.54) is 22.9 Å². The summed E-state index contributed by atoms with van der Waals surface area (Å²) in [6.07, 6.45) is -3.94. The van der Waals surface area contributed by atoms with Gasteiger partial charge in [-0.15, -0.1) is 0 Å². The first-order valence-electron chi connectivity index (χ1n) is 5.48. The number of benzene rings is 1. The maximum atomic E-state index is 12.6. The van der Waals surface area contributed by atoms with Crippen LogP contribution >= 0.6 is 0 Å². The lowest BCUT2D eigenvalue weighted by atomic mass is 10.1. The Balaban J connectivity index is 2.70. The summed E-state index contributed by atoms with van der Waals surface area (Å²) in [5.41, 5.74) is 0.708. The highest BCUT2D eigenvalue weighted by atomic mass is 32.2. The molecule has 0 aromatic heterocycles. The van der Waals surface area contributed by atoms with Crippen LogP contribution in [0.15, 0.2) is 24.3 Å². The zero-order valence-electron chi connectivity index (χ0n) is 10.2. The van der Waals surface area contributed by atoms with Crippen molar-refractivity contribution >= 4 is 10.0 Å². The van der Waals surface area contributed by atoms with Gasteiger partial charge in [-0.3, -0.25) is 0 Å². The molecule has 0 radical (unpaired) electrons. The highest BCUT2D eigenvalue weighted by molar-refractivity contribution is 7.88. The van der Waals surface area contributed by atoms with Gasteiger partial charge in [-0.2, -0.15) is 8.78 Å². The number of hydrogen-bond acceptors (Lipinski definition) is 3. The molecule has 0 bridgehead atoms. The predicted molar refractivity (Wildman–Crippen MR) is 63.9 cm³/mol. The molecule has 0 saturated carbocycles. The Kier molecular flexibility index (Phi) is 5.49. The average molecular weight is 315 g/mol. The van der Waals surface area contributed by atoms with Crippen molar-refractivity contribution in [1.82, 2.24) is 4.72 Å². The third-order valence-corrected chi connectivity index (χ3v) is 3.68. The molecule has 0 aliphatic carbocycles. The fourth-order valence-corrected chi connectivity index (χ4v) is 2.50. The summed E-state index contributed by atoms with van der Waals surface area (Å²) < 4.78 is 73.5. The van der Waals surface area contributed by atoms with Gasteiger partial charge in [-0.1, -0.05) is 24.3 Å². The zero-order valence-corrected chi connectivity index (χ0v) is 11.0. The van der Waals surface area contributed by atoms with Crippen LogP contribution in [-0.4, -0.2) is 32.4 Å². The van der Waals surface area contributed by atoms with Crippen molar-refractivity contribution < 1.29 is 31.1 Å². The van der Waals surface area contributed by atoms with E-state index in [0.29, 0.717) is 5.56 Å². The summed E-state index contributed by atoms with van der Waals surface area (Å²) in [5, 5.41) is 8.88. The number of sulfonamides is 1. The molecule has 1 aromatic carbocycles. The summed E-state index contributed by atoms with van der Waals surface area (Å²) in [5.74, 6) is -5.06. The van der Waals surface area contributed by atoms with Gasteiger partial charge in [0.05, 0.1) is 18.9 Å². The van der Waals surface area contributed by atoms with Crippen LogP contribution in [0.25, 0.3) is 0 Å². The largest absolute Gasteiger partial charge is 0.392 e. The molecule has 0 aliphatic rings. The van der Waals surface area contributed by atoms with Crippen LogP contribution in [0.3, 0.4) is 0 Å². The summed E-state index contributed by atoms with van der Waals surface area (Å²) in [6.45, 7) is -1.96. The molecule has 0 saturated heterocycles. The minimum absolute atomic E-state index is 0.254. The van der Waals surface area contributed by atoms with E-state index in [1.807, 2.05) is 0 Å². The quantitative estimate of drug-likeness (QED) is 0.749. The molecular weight excluding hydrogens is 302 g/mol. The lowest BCUT2D eigenvalue weighted by Gasteiger charge is -2.16. The summed E-state index contributed by atoms with van der Waals surface area (Å²) in [7, 11) is -4.17. The molecule has 114 valence electrons. The van der Waals surface area contributed by atoms with Crippen LogP contribution < -0.4 is 4.72 Å². The standard InChI is InChI=1S/C11H13F4NO3S/c12-10(13)11(14,15)7-16-20(18,19)6-9-3-1-2-8(4-9)5-17/h1-4,10,16-17H,5-7H2. The normalized spacial score (nSPS) is 12.9. The molecule has 4 nitrogen and oxygen atoms in total. The van der Waals surface area contributed by atoms with Crippen molar-refractivity contribution in [2.75, 3.05) is 6.54 Å². The molecule has 9 heteroatoms. The molecule has 0 unspecified atom stereocenters. The first kappa shape index (κ1) is 16.9. The second kappa shape index (κ2) is 6.51. The lowest BCUT2D eigenvalue weighted by molar-refractivity contribution is -0.122. The smallest absolute Gasteiger partial charge is 0.320 e. The Labute approximate surface area is 113 Å². The molecule has 0 atom stereocenters. The summed E-state index contributed by atoms with van der Waals surface area (Å²) in [6, 6.07) is 5.84. The van der Waals surface area contributed by atoms with Crippen LogP contribution in [0.1, 0.15) is 11.1 Å². The van der Waals surface area contributed by atoms with Crippen molar-refractivity contribution in [2.24, 2.45) is 0 Å². The maximum absolute atomic E-state index is 12.6. The topological polar surface area (TPSA) is 66.4 Å². The van der Waals surface area contributed by atoms with E-state index in [4.69, 9.17) is 5.11 Å². The number of aliphatic hydroxyl groups excluding tert-OH is 1. The molecule has 1 aromatic rings. The highest BCUT2D eigenvalue weighted by Crippen LogP contribution is 2.22. The van der Waals surface area contributed by atoms with Gasteiger partial charge in [0.15, 0.2) is 0 Å². The van der Waals surface area contributed by atoms with Gasteiger partial charge in [0.1, 0.15) is 0 Å².